The molecule has 1 saturated heterocycles. The third kappa shape index (κ3) is 4.55. The van der Waals surface area contributed by atoms with Gasteiger partial charge in [-0.15, -0.1) is 0 Å². The number of pyridine rings is 1. The van der Waals surface area contributed by atoms with E-state index in [9.17, 15) is 9.18 Å². The predicted molar refractivity (Wildman–Crippen MR) is 119 cm³/mol. The molecule has 0 radical (unpaired) electrons. The smallest absolute Gasteiger partial charge is 0.255 e. The van der Waals surface area contributed by atoms with E-state index in [0.717, 1.165) is 23.9 Å². The minimum Gasteiger partial charge on any atom is -0.497 e. The highest BCUT2D eigenvalue weighted by molar-refractivity contribution is 5.98. The van der Waals surface area contributed by atoms with Crippen LogP contribution in [0.4, 0.5) is 10.1 Å². The third-order valence-electron chi connectivity index (χ3n) is 5.63. The Morgan fingerprint density at radius 3 is 2.58 bits per heavy atom. The molecule has 162 valence electrons. The van der Waals surface area contributed by atoms with Crippen LogP contribution in [0.2, 0.25) is 0 Å². The molecule has 0 spiro atoms. The summed E-state index contributed by atoms with van der Waals surface area (Å²) in [5.41, 5.74) is 2.61. The summed E-state index contributed by atoms with van der Waals surface area (Å²) >= 11 is 0. The summed E-state index contributed by atoms with van der Waals surface area (Å²) in [4.78, 5) is 19.6. The molecule has 1 N–H and O–H groups in total. The number of carbonyl (C=O) groups excluding carboxylic acids is 1. The van der Waals surface area contributed by atoms with Gasteiger partial charge in [0.25, 0.3) is 5.91 Å². The molecule has 0 aliphatic carbocycles. The molecule has 1 amide bonds. The third-order valence-corrected chi connectivity index (χ3v) is 5.63. The van der Waals surface area contributed by atoms with Gasteiger partial charge in [0.1, 0.15) is 17.3 Å². The van der Waals surface area contributed by atoms with E-state index in [0.29, 0.717) is 41.4 Å². The molecular formula is C24H26FN3O3. The number of benzene rings is 2. The number of hydrogen-bond acceptors (Lipinski definition) is 5. The molecule has 1 aliphatic heterocycles. The number of carbonyl (C=O) groups is 1. The second kappa shape index (κ2) is 8.79. The molecule has 31 heavy (non-hydrogen) atoms. The molecule has 2 heterocycles. The molecule has 1 unspecified atom stereocenters. The first-order valence-corrected chi connectivity index (χ1v) is 10.3. The van der Waals surface area contributed by atoms with E-state index in [-0.39, 0.29) is 17.8 Å². The topological polar surface area (TPSA) is 63.7 Å². The number of piperidine rings is 1. The van der Waals surface area contributed by atoms with Gasteiger partial charge in [0, 0.05) is 54.5 Å². The lowest BCUT2D eigenvalue weighted by Crippen LogP contribution is -2.45. The van der Waals surface area contributed by atoms with Crippen LogP contribution in [0, 0.1) is 12.7 Å². The molecule has 0 bridgehead atoms. The zero-order valence-electron chi connectivity index (χ0n) is 17.9. The highest BCUT2D eigenvalue weighted by Gasteiger charge is 2.26. The second-order valence-corrected chi connectivity index (χ2v) is 7.79. The monoisotopic (exact) mass is 423 g/mol. The minimum absolute atomic E-state index is 0.0500. The Kier molecular flexibility index (Phi) is 5.93. The Bertz CT molecular complexity index is 1100. The Morgan fingerprint density at radius 2 is 1.87 bits per heavy atom. The summed E-state index contributed by atoms with van der Waals surface area (Å²) in [5, 5.41) is 4.26. The maximum atomic E-state index is 13.5. The number of rotatable bonds is 5. The van der Waals surface area contributed by atoms with Crippen LogP contribution in [0.5, 0.6) is 11.5 Å². The predicted octanol–water partition coefficient (Wildman–Crippen LogP) is 4.42. The Hall–Kier alpha value is -3.35. The molecule has 1 fully saturated rings. The van der Waals surface area contributed by atoms with Crippen molar-refractivity contribution in [1.82, 2.24) is 9.88 Å². The largest absolute Gasteiger partial charge is 0.497 e. The van der Waals surface area contributed by atoms with Crippen molar-refractivity contribution in [2.24, 2.45) is 0 Å². The maximum Gasteiger partial charge on any atom is 0.255 e. The highest BCUT2D eigenvalue weighted by atomic mass is 19.1. The maximum absolute atomic E-state index is 13.5. The minimum atomic E-state index is -0.336. The number of methoxy groups -OCH3 is 2. The number of aryl methyl sites for hydroxylation is 1. The second-order valence-electron chi connectivity index (χ2n) is 7.79. The van der Waals surface area contributed by atoms with Crippen molar-refractivity contribution in [2.45, 2.75) is 25.8 Å². The quantitative estimate of drug-likeness (QED) is 0.658. The van der Waals surface area contributed by atoms with Crippen LogP contribution in [-0.2, 0) is 0 Å². The van der Waals surface area contributed by atoms with Gasteiger partial charge in [0.2, 0.25) is 0 Å². The molecule has 7 heteroatoms. The van der Waals surface area contributed by atoms with Crippen molar-refractivity contribution >= 4 is 22.5 Å². The number of hydrogen-bond donors (Lipinski definition) is 1. The van der Waals surface area contributed by atoms with Gasteiger partial charge in [-0.2, -0.15) is 0 Å². The number of nitrogens with one attached hydrogen (secondary N) is 1. The number of nitrogens with zero attached hydrogens (tertiary/aromatic N) is 2. The van der Waals surface area contributed by atoms with Gasteiger partial charge in [-0.1, -0.05) is 0 Å². The number of anilines is 1. The summed E-state index contributed by atoms with van der Waals surface area (Å²) < 4.78 is 24.2. The molecule has 3 aromatic rings. The summed E-state index contributed by atoms with van der Waals surface area (Å²) in [6.07, 6.45) is 1.85. The van der Waals surface area contributed by atoms with Crippen molar-refractivity contribution in [3.8, 4) is 11.5 Å². The van der Waals surface area contributed by atoms with Crippen molar-refractivity contribution in [2.75, 3.05) is 32.6 Å². The fourth-order valence-electron chi connectivity index (χ4n) is 4.03. The summed E-state index contributed by atoms with van der Waals surface area (Å²) in [6.45, 7) is 3.07. The lowest BCUT2D eigenvalue weighted by atomic mass is 10.0. The van der Waals surface area contributed by atoms with Crippen LogP contribution in [0.15, 0.2) is 42.5 Å². The fraction of sp³-hybridized carbons (Fsp3) is 0.333. The van der Waals surface area contributed by atoms with E-state index >= 15 is 0 Å². The average molecular weight is 423 g/mol. The van der Waals surface area contributed by atoms with E-state index in [4.69, 9.17) is 9.47 Å². The van der Waals surface area contributed by atoms with Gasteiger partial charge in [-0.3, -0.25) is 9.78 Å². The van der Waals surface area contributed by atoms with E-state index in [2.05, 4.69) is 10.3 Å². The summed E-state index contributed by atoms with van der Waals surface area (Å²) in [6, 6.07) is 12.0. The molecule has 4 rings (SSSR count). The van der Waals surface area contributed by atoms with Crippen LogP contribution in [0.3, 0.4) is 0 Å². The van der Waals surface area contributed by atoms with Crippen LogP contribution in [-0.4, -0.2) is 49.1 Å². The Labute approximate surface area is 181 Å². The number of amides is 1. The number of aromatic nitrogens is 1. The van der Waals surface area contributed by atoms with Crippen LogP contribution >= 0.6 is 0 Å². The standard InChI is InChI=1S/C24H26FN3O3/c1-15-22(9-16-6-7-17(25)10-23(16)26-15)24(29)28-8-4-5-18(14-28)27-19-11-20(30-2)13-21(12-19)31-3/h6-7,9-13,18,27H,4-5,8,14H2,1-3H3. The van der Waals surface area contributed by atoms with Crippen LogP contribution < -0.4 is 14.8 Å². The van der Waals surface area contributed by atoms with Gasteiger partial charge in [0.15, 0.2) is 0 Å². The zero-order chi connectivity index (χ0) is 22.0. The molecule has 1 aromatic heterocycles. The van der Waals surface area contributed by atoms with E-state index < -0.39 is 0 Å². The highest BCUT2D eigenvalue weighted by Crippen LogP contribution is 2.28. The fourth-order valence-corrected chi connectivity index (χ4v) is 4.03. The first-order chi connectivity index (χ1) is 15.0. The van der Waals surface area contributed by atoms with E-state index in [1.165, 1.54) is 12.1 Å². The van der Waals surface area contributed by atoms with Gasteiger partial charge >= 0.3 is 0 Å². The van der Waals surface area contributed by atoms with Crippen molar-refractivity contribution in [3.05, 3.63) is 59.5 Å². The van der Waals surface area contributed by atoms with Crippen LogP contribution in [0.25, 0.3) is 10.9 Å². The number of ether oxygens (including phenoxy) is 2. The van der Waals surface area contributed by atoms with Gasteiger partial charge in [0.05, 0.1) is 31.0 Å². The number of likely N-dealkylation sites (tertiary alicyclic amines) is 1. The number of fused-ring (bicyclic) bond motifs is 1. The summed E-state index contributed by atoms with van der Waals surface area (Å²) in [7, 11) is 3.24. The molecule has 2 aromatic carbocycles. The van der Waals surface area contributed by atoms with Crippen molar-refractivity contribution < 1.29 is 18.7 Å². The van der Waals surface area contributed by atoms with Gasteiger partial charge in [-0.05, 0) is 38.0 Å². The molecule has 6 nitrogen and oxygen atoms in total. The Balaban J connectivity index is 1.52. The zero-order valence-corrected chi connectivity index (χ0v) is 17.9. The van der Waals surface area contributed by atoms with Gasteiger partial charge in [-0.25, -0.2) is 4.39 Å². The first-order valence-electron chi connectivity index (χ1n) is 10.3. The lowest BCUT2D eigenvalue weighted by Gasteiger charge is -2.34. The first kappa shape index (κ1) is 20.9. The Morgan fingerprint density at radius 1 is 1.13 bits per heavy atom. The van der Waals surface area contributed by atoms with E-state index in [1.807, 2.05) is 29.2 Å². The van der Waals surface area contributed by atoms with E-state index in [1.54, 1.807) is 27.2 Å². The lowest BCUT2D eigenvalue weighted by molar-refractivity contribution is 0.0713. The average Bonchev–Trinajstić information content (AvgIpc) is 2.78. The van der Waals surface area contributed by atoms with Gasteiger partial charge < -0.3 is 19.7 Å². The van der Waals surface area contributed by atoms with Crippen molar-refractivity contribution in [3.63, 3.8) is 0 Å². The molecule has 0 saturated carbocycles. The summed E-state index contributed by atoms with van der Waals surface area (Å²) in [5.74, 6) is 1.03. The van der Waals surface area contributed by atoms with Crippen molar-refractivity contribution in [1.29, 1.82) is 0 Å². The normalized spacial score (nSPS) is 16.3. The molecule has 1 atom stereocenters. The molecular weight excluding hydrogens is 397 g/mol. The SMILES string of the molecule is COc1cc(NC2CCCN(C(=O)c3cc4ccc(F)cc4nc3C)C2)cc(OC)c1. The van der Waals surface area contributed by atoms with Crippen LogP contribution in [0.1, 0.15) is 28.9 Å². The molecule has 1 aliphatic rings. The number of halogens is 1.